The number of hydrogen-bond donors (Lipinski definition) is 2. The minimum atomic E-state index is -3.73. The Morgan fingerprint density at radius 2 is 2.00 bits per heavy atom. The lowest BCUT2D eigenvalue weighted by molar-refractivity contribution is 0.0563. The van der Waals surface area contributed by atoms with Gasteiger partial charge >= 0.3 is 5.97 Å². The Labute approximate surface area is 142 Å². The Morgan fingerprint density at radius 1 is 1.39 bits per heavy atom. The molecule has 1 aromatic heterocycles. The van der Waals surface area contributed by atoms with Crippen LogP contribution < -0.4 is 10.5 Å². The molecular formula is C14H23ClN2O5S. The topological polar surface area (TPSA) is 112 Å². The van der Waals surface area contributed by atoms with Crippen LogP contribution in [0.3, 0.4) is 0 Å². The van der Waals surface area contributed by atoms with Crippen LogP contribution >= 0.6 is 12.4 Å². The average molecular weight is 367 g/mol. The third-order valence-corrected chi connectivity index (χ3v) is 5.43. The van der Waals surface area contributed by atoms with Gasteiger partial charge in [-0.25, -0.2) is 17.9 Å². The number of furan rings is 1. The van der Waals surface area contributed by atoms with Crippen LogP contribution in [0.4, 0.5) is 0 Å². The summed E-state index contributed by atoms with van der Waals surface area (Å²) in [5, 5.41) is 0. The van der Waals surface area contributed by atoms with E-state index >= 15 is 0 Å². The molecule has 0 saturated heterocycles. The summed E-state index contributed by atoms with van der Waals surface area (Å²) in [6.07, 6.45) is 3.38. The molecule has 0 atom stereocenters. The van der Waals surface area contributed by atoms with Gasteiger partial charge in [-0.3, -0.25) is 0 Å². The van der Waals surface area contributed by atoms with Crippen LogP contribution in [-0.4, -0.2) is 33.6 Å². The van der Waals surface area contributed by atoms with Gasteiger partial charge in [0.2, 0.25) is 15.8 Å². The third-order valence-electron chi connectivity index (χ3n) is 3.86. The summed E-state index contributed by atoms with van der Waals surface area (Å²) >= 11 is 0. The van der Waals surface area contributed by atoms with Crippen LogP contribution in [0.5, 0.6) is 0 Å². The van der Waals surface area contributed by atoms with E-state index in [1.807, 2.05) is 0 Å². The standard InChI is InChI=1S/C14H22N2O5S.ClH/c1-3-11-13(8-12(21-11)14(17)20-2)22(18,19)16-10-6-4-9(15)5-7-10;/h8-10,16H,3-7,15H2,1-2H3;1H. The van der Waals surface area contributed by atoms with Crippen molar-refractivity contribution in [3.8, 4) is 0 Å². The number of carbonyl (C=O) groups excluding carboxylic acids is 1. The Balaban J connectivity index is 0.00000264. The molecule has 0 aromatic carbocycles. The number of methoxy groups -OCH3 is 1. The van der Waals surface area contributed by atoms with Crippen molar-refractivity contribution in [2.45, 2.75) is 56.0 Å². The largest absolute Gasteiger partial charge is 0.463 e. The van der Waals surface area contributed by atoms with E-state index in [1.165, 1.54) is 13.2 Å². The second kappa shape index (κ2) is 8.14. The lowest BCUT2D eigenvalue weighted by Crippen LogP contribution is -2.40. The number of rotatable bonds is 5. The fourth-order valence-corrected chi connectivity index (χ4v) is 4.16. The second-order valence-electron chi connectivity index (χ2n) is 5.48. The number of hydrogen-bond acceptors (Lipinski definition) is 6. The van der Waals surface area contributed by atoms with Gasteiger partial charge in [-0.1, -0.05) is 6.92 Å². The number of carbonyl (C=O) groups is 1. The molecule has 0 spiro atoms. The van der Waals surface area contributed by atoms with Crippen molar-refractivity contribution >= 4 is 28.4 Å². The maximum atomic E-state index is 12.5. The number of nitrogens with one attached hydrogen (secondary N) is 1. The first-order valence-corrected chi connectivity index (χ1v) is 8.84. The van der Waals surface area contributed by atoms with Crippen LogP contribution in [-0.2, 0) is 21.2 Å². The zero-order valence-corrected chi connectivity index (χ0v) is 14.8. The van der Waals surface area contributed by atoms with E-state index in [0.717, 1.165) is 12.8 Å². The fraction of sp³-hybridized carbons (Fsp3) is 0.643. The molecule has 7 nitrogen and oxygen atoms in total. The Morgan fingerprint density at radius 3 is 2.52 bits per heavy atom. The lowest BCUT2D eigenvalue weighted by atomic mass is 9.93. The summed E-state index contributed by atoms with van der Waals surface area (Å²) < 4.78 is 37.6. The van der Waals surface area contributed by atoms with E-state index in [0.29, 0.717) is 19.3 Å². The molecule has 0 unspecified atom stereocenters. The highest BCUT2D eigenvalue weighted by atomic mass is 35.5. The Kier molecular flexibility index (Phi) is 7.06. The van der Waals surface area contributed by atoms with Gasteiger partial charge in [0, 0.05) is 24.6 Å². The number of nitrogens with two attached hydrogens (primary N) is 1. The Hall–Kier alpha value is -1.09. The molecule has 1 aromatic rings. The zero-order valence-electron chi connectivity index (χ0n) is 13.2. The summed E-state index contributed by atoms with van der Waals surface area (Å²) in [6, 6.07) is 1.24. The molecule has 1 heterocycles. The molecule has 1 aliphatic rings. The molecule has 0 bridgehead atoms. The minimum Gasteiger partial charge on any atom is -0.463 e. The van der Waals surface area contributed by atoms with Gasteiger partial charge in [0.15, 0.2) is 0 Å². The Bertz CT molecular complexity index is 636. The van der Waals surface area contributed by atoms with Gasteiger partial charge in [0.1, 0.15) is 10.7 Å². The first-order chi connectivity index (χ1) is 10.4. The van der Waals surface area contributed by atoms with Crippen LogP contribution in [0, 0.1) is 0 Å². The SMILES string of the molecule is CCc1oc(C(=O)OC)cc1S(=O)(=O)NC1CCC(N)CC1.Cl. The molecule has 9 heteroatoms. The van der Waals surface area contributed by atoms with Gasteiger partial charge in [-0.15, -0.1) is 12.4 Å². The molecule has 0 amide bonds. The van der Waals surface area contributed by atoms with Crippen molar-refractivity contribution in [3.05, 3.63) is 17.6 Å². The fourth-order valence-electron chi connectivity index (χ4n) is 2.61. The van der Waals surface area contributed by atoms with Crippen molar-refractivity contribution in [3.63, 3.8) is 0 Å². The highest BCUT2D eigenvalue weighted by molar-refractivity contribution is 7.89. The van der Waals surface area contributed by atoms with Crippen LogP contribution in [0.15, 0.2) is 15.4 Å². The molecule has 2 rings (SSSR count). The molecule has 1 fully saturated rings. The first-order valence-electron chi connectivity index (χ1n) is 7.36. The third kappa shape index (κ3) is 4.69. The van der Waals surface area contributed by atoms with Crippen molar-refractivity contribution in [2.75, 3.05) is 7.11 Å². The summed E-state index contributed by atoms with van der Waals surface area (Å²) in [7, 11) is -2.52. The molecule has 23 heavy (non-hydrogen) atoms. The summed E-state index contributed by atoms with van der Waals surface area (Å²) in [4.78, 5) is 11.5. The predicted octanol–water partition coefficient (Wildman–Crippen LogP) is 1.60. The first kappa shape index (κ1) is 20.0. The molecule has 132 valence electrons. The van der Waals surface area contributed by atoms with Gasteiger partial charge < -0.3 is 14.9 Å². The molecule has 0 aliphatic heterocycles. The number of aryl methyl sites for hydroxylation is 1. The van der Waals surface area contributed by atoms with Crippen LogP contribution in [0.2, 0.25) is 0 Å². The van der Waals surface area contributed by atoms with Gasteiger partial charge in [0.25, 0.3) is 0 Å². The quantitative estimate of drug-likeness (QED) is 0.765. The van der Waals surface area contributed by atoms with E-state index in [9.17, 15) is 13.2 Å². The van der Waals surface area contributed by atoms with Crippen molar-refractivity contribution in [1.29, 1.82) is 0 Å². The minimum absolute atomic E-state index is 0. The number of esters is 1. The van der Waals surface area contributed by atoms with E-state index < -0.39 is 16.0 Å². The molecule has 3 N–H and O–H groups in total. The summed E-state index contributed by atoms with van der Waals surface area (Å²) in [5.41, 5.74) is 5.83. The lowest BCUT2D eigenvalue weighted by Gasteiger charge is -2.26. The highest BCUT2D eigenvalue weighted by Crippen LogP contribution is 2.24. The second-order valence-corrected chi connectivity index (χ2v) is 7.16. The monoisotopic (exact) mass is 366 g/mol. The summed E-state index contributed by atoms with van der Waals surface area (Å²) in [6.45, 7) is 1.76. The van der Waals surface area contributed by atoms with E-state index in [4.69, 9.17) is 10.2 Å². The van der Waals surface area contributed by atoms with Gasteiger partial charge in [-0.05, 0) is 25.7 Å². The predicted molar refractivity (Wildman–Crippen MR) is 87.2 cm³/mol. The molecule has 1 saturated carbocycles. The van der Waals surface area contributed by atoms with Crippen LogP contribution in [0.1, 0.15) is 48.9 Å². The highest BCUT2D eigenvalue weighted by Gasteiger charge is 2.29. The maximum absolute atomic E-state index is 12.5. The van der Waals surface area contributed by atoms with E-state index in [2.05, 4.69) is 9.46 Å². The van der Waals surface area contributed by atoms with Crippen molar-refractivity contribution in [2.24, 2.45) is 5.73 Å². The van der Waals surface area contributed by atoms with Gasteiger partial charge in [0.05, 0.1) is 7.11 Å². The average Bonchev–Trinajstić information content (AvgIpc) is 2.94. The number of halogens is 1. The normalized spacial score (nSPS) is 21.5. The molecular weight excluding hydrogens is 344 g/mol. The van der Waals surface area contributed by atoms with Gasteiger partial charge in [-0.2, -0.15) is 0 Å². The van der Waals surface area contributed by atoms with E-state index in [-0.39, 0.29) is 40.9 Å². The molecule has 1 aliphatic carbocycles. The summed E-state index contributed by atoms with van der Waals surface area (Å²) in [5.74, 6) is -0.550. The van der Waals surface area contributed by atoms with E-state index in [1.54, 1.807) is 6.92 Å². The number of sulfonamides is 1. The molecule has 0 radical (unpaired) electrons. The smallest absolute Gasteiger partial charge is 0.373 e. The van der Waals surface area contributed by atoms with Crippen molar-refractivity contribution in [1.82, 2.24) is 4.72 Å². The van der Waals surface area contributed by atoms with Crippen molar-refractivity contribution < 1.29 is 22.4 Å². The number of ether oxygens (including phenoxy) is 1. The zero-order chi connectivity index (χ0) is 16.3. The maximum Gasteiger partial charge on any atom is 0.373 e. The van der Waals surface area contributed by atoms with Crippen LogP contribution in [0.25, 0.3) is 0 Å².